The van der Waals surface area contributed by atoms with Crippen LogP contribution in [0.4, 0.5) is 0 Å². The van der Waals surface area contributed by atoms with Gasteiger partial charge in [-0.3, -0.25) is 9.59 Å². The fraction of sp³-hybridized carbons (Fsp3) is 0.885. The van der Waals surface area contributed by atoms with Crippen LogP contribution in [0, 0.1) is 34.5 Å². The number of carbonyl (C=O) groups excluding carboxylic acids is 2. The fourth-order valence-electron chi connectivity index (χ4n) is 7.08. The van der Waals surface area contributed by atoms with Crippen LogP contribution in [-0.2, 0) is 14.3 Å². The third-order valence-electron chi connectivity index (χ3n) is 8.47. The average Bonchev–Trinajstić information content (AvgIpc) is 3.00. The summed E-state index contributed by atoms with van der Waals surface area (Å²) in [4.78, 5) is 28.0. The summed E-state index contributed by atoms with van der Waals surface area (Å²) in [7, 11) is 0. The van der Waals surface area contributed by atoms with Gasteiger partial charge in [0.25, 0.3) is 0 Å². The SMILES string of the molecule is CCC1CC2CC(C)(CC(=O)N3C(C#N)CC(C)[C@@H]3C)CC(OC(=O)CCCCN)(C1)C2. The molecule has 6 heteroatoms. The van der Waals surface area contributed by atoms with E-state index in [4.69, 9.17) is 10.5 Å². The number of carbonyl (C=O) groups is 2. The number of nitriles is 1. The summed E-state index contributed by atoms with van der Waals surface area (Å²) in [5.41, 5.74) is 4.92. The van der Waals surface area contributed by atoms with Crippen LogP contribution >= 0.6 is 0 Å². The van der Waals surface area contributed by atoms with Gasteiger partial charge in [0, 0.05) is 18.9 Å². The first-order chi connectivity index (χ1) is 15.1. The van der Waals surface area contributed by atoms with Gasteiger partial charge in [-0.1, -0.05) is 27.2 Å². The van der Waals surface area contributed by atoms with Crippen LogP contribution in [0.1, 0.15) is 98.3 Å². The van der Waals surface area contributed by atoms with E-state index in [1.807, 2.05) is 4.90 Å². The van der Waals surface area contributed by atoms with Crippen molar-refractivity contribution in [2.24, 2.45) is 28.9 Å². The number of likely N-dealkylation sites (tertiary alicyclic amines) is 1. The fourth-order valence-corrected chi connectivity index (χ4v) is 7.08. The summed E-state index contributed by atoms with van der Waals surface area (Å²) in [6.45, 7) is 9.21. The Morgan fingerprint density at radius 3 is 2.59 bits per heavy atom. The van der Waals surface area contributed by atoms with Crippen molar-refractivity contribution in [2.75, 3.05) is 6.54 Å². The van der Waals surface area contributed by atoms with Gasteiger partial charge in [-0.15, -0.1) is 0 Å². The Morgan fingerprint density at radius 1 is 1.19 bits per heavy atom. The van der Waals surface area contributed by atoms with Crippen molar-refractivity contribution in [3.8, 4) is 6.07 Å². The van der Waals surface area contributed by atoms with Gasteiger partial charge in [0.05, 0.1) is 6.07 Å². The zero-order chi connectivity index (χ0) is 23.5. The molecule has 2 saturated carbocycles. The lowest BCUT2D eigenvalue weighted by molar-refractivity contribution is -0.183. The van der Waals surface area contributed by atoms with E-state index in [1.54, 1.807) is 0 Å². The van der Waals surface area contributed by atoms with Crippen LogP contribution < -0.4 is 5.73 Å². The quantitative estimate of drug-likeness (QED) is 0.436. The van der Waals surface area contributed by atoms with E-state index in [9.17, 15) is 14.9 Å². The maximum Gasteiger partial charge on any atom is 0.306 e. The molecule has 3 rings (SSSR count). The highest BCUT2D eigenvalue weighted by Crippen LogP contribution is 2.56. The number of amides is 1. The molecule has 7 atom stereocenters. The molecular weight excluding hydrogens is 402 g/mol. The monoisotopic (exact) mass is 445 g/mol. The summed E-state index contributed by atoms with van der Waals surface area (Å²) < 4.78 is 6.25. The second-order valence-corrected chi connectivity index (χ2v) is 11.5. The normalized spacial score (nSPS) is 38.9. The van der Waals surface area contributed by atoms with Crippen LogP contribution in [0.3, 0.4) is 0 Å². The molecule has 6 unspecified atom stereocenters. The second kappa shape index (κ2) is 10.1. The summed E-state index contributed by atoms with van der Waals surface area (Å²) in [6, 6.07) is 2.12. The Kier molecular flexibility index (Phi) is 7.91. The van der Waals surface area contributed by atoms with E-state index < -0.39 is 5.60 Å². The van der Waals surface area contributed by atoms with Gasteiger partial charge in [-0.05, 0) is 88.0 Å². The zero-order valence-electron chi connectivity index (χ0n) is 20.6. The predicted molar refractivity (Wildman–Crippen MR) is 124 cm³/mol. The van der Waals surface area contributed by atoms with Crippen molar-refractivity contribution in [3.05, 3.63) is 0 Å². The molecule has 0 radical (unpaired) electrons. The topological polar surface area (TPSA) is 96.4 Å². The lowest BCUT2D eigenvalue weighted by atomic mass is 9.56. The van der Waals surface area contributed by atoms with E-state index in [-0.39, 0.29) is 29.4 Å². The highest BCUT2D eigenvalue weighted by Gasteiger charge is 2.53. The molecule has 0 aromatic heterocycles. The number of fused-ring (bicyclic) bond motifs is 2. The third-order valence-corrected chi connectivity index (χ3v) is 8.47. The third kappa shape index (κ3) is 5.47. The van der Waals surface area contributed by atoms with Crippen LogP contribution in [0.15, 0.2) is 0 Å². The largest absolute Gasteiger partial charge is 0.459 e. The van der Waals surface area contributed by atoms with Gasteiger partial charge in [0.1, 0.15) is 11.6 Å². The summed E-state index contributed by atoms with van der Waals surface area (Å²) in [5.74, 6) is 1.38. The number of rotatable bonds is 8. The smallest absolute Gasteiger partial charge is 0.306 e. The van der Waals surface area contributed by atoms with Crippen molar-refractivity contribution < 1.29 is 14.3 Å². The number of hydrogen-bond acceptors (Lipinski definition) is 5. The van der Waals surface area contributed by atoms with Crippen molar-refractivity contribution >= 4 is 11.9 Å². The standard InChI is InChI=1S/C26H43N3O3/c1-5-20-11-21-12-25(4,15-23(30)29-19(3)18(2)10-22(29)16-28)17-26(13-20,14-21)32-24(31)8-6-7-9-27/h18-22H,5-15,17,27H2,1-4H3/t18?,19-,20?,21?,22?,25?,26?/m0/s1. The number of nitrogens with two attached hydrogens (primary N) is 1. The van der Waals surface area contributed by atoms with E-state index in [0.717, 1.165) is 57.8 Å². The van der Waals surface area contributed by atoms with Gasteiger partial charge >= 0.3 is 5.97 Å². The molecule has 180 valence electrons. The predicted octanol–water partition coefficient (Wildman–Crippen LogP) is 4.56. The highest BCUT2D eigenvalue weighted by atomic mass is 16.6. The van der Waals surface area contributed by atoms with Crippen LogP contribution in [0.2, 0.25) is 0 Å². The first kappa shape index (κ1) is 25.0. The second-order valence-electron chi connectivity index (χ2n) is 11.5. The van der Waals surface area contributed by atoms with Gasteiger partial charge in [0.15, 0.2) is 0 Å². The maximum atomic E-state index is 13.4. The number of nitrogens with zero attached hydrogens (tertiary/aromatic N) is 2. The van der Waals surface area contributed by atoms with Crippen molar-refractivity contribution in [1.82, 2.24) is 4.90 Å². The van der Waals surface area contributed by atoms with Gasteiger partial charge < -0.3 is 15.4 Å². The van der Waals surface area contributed by atoms with E-state index in [1.165, 1.54) is 0 Å². The molecule has 0 aromatic rings. The Morgan fingerprint density at radius 2 is 1.94 bits per heavy atom. The van der Waals surface area contributed by atoms with Gasteiger partial charge in [0.2, 0.25) is 5.91 Å². The summed E-state index contributed by atoms with van der Waals surface area (Å²) >= 11 is 0. The summed E-state index contributed by atoms with van der Waals surface area (Å²) in [6.07, 6.45) is 9.04. The highest BCUT2D eigenvalue weighted by molar-refractivity contribution is 5.78. The van der Waals surface area contributed by atoms with Gasteiger partial charge in [-0.25, -0.2) is 0 Å². The molecular formula is C26H43N3O3. The molecule has 1 aliphatic heterocycles. The summed E-state index contributed by atoms with van der Waals surface area (Å²) in [5, 5.41) is 9.60. The van der Waals surface area contributed by atoms with E-state index >= 15 is 0 Å². The number of hydrogen-bond donors (Lipinski definition) is 1. The minimum Gasteiger partial charge on any atom is -0.459 e. The van der Waals surface area contributed by atoms with E-state index in [2.05, 4.69) is 33.8 Å². The Bertz CT molecular complexity index is 734. The van der Waals surface area contributed by atoms with Crippen LogP contribution in [0.5, 0.6) is 0 Å². The molecule has 3 aliphatic rings. The van der Waals surface area contributed by atoms with Gasteiger partial charge in [-0.2, -0.15) is 5.26 Å². The molecule has 0 aromatic carbocycles. The molecule has 3 fully saturated rings. The van der Waals surface area contributed by atoms with Crippen molar-refractivity contribution in [3.63, 3.8) is 0 Å². The number of unbranched alkanes of at least 4 members (excludes halogenated alkanes) is 1. The Balaban J connectivity index is 1.75. The minimum absolute atomic E-state index is 0.0901. The lowest BCUT2D eigenvalue weighted by Crippen LogP contribution is -2.53. The molecule has 2 bridgehead atoms. The van der Waals surface area contributed by atoms with Crippen molar-refractivity contribution in [2.45, 2.75) is 116 Å². The maximum absolute atomic E-state index is 13.4. The zero-order valence-corrected chi connectivity index (χ0v) is 20.6. The molecule has 0 spiro atoms. The van der Waals surface area contributed by atoms with Crippen LogP contribution in [-0.4, -0.2) is 41.0 Å². The molecule has 1 heterocycles. The Hall–Kier alpha value is -1.61. The Labute approximate surface area is 194 Å². The van der Waals surface area contributed by atoms with Crippen molar-refractivity contribution in [1.29, 1.82) is 5.26 Å². The minimum atomic E-state index is -0.449. The average molecular weight is 446 g/mol. The molecule has 1 amide bonds. The molecule has 6 nitrogen and oxygen atoms in total. The first-order valence-corrected chi connectivity index (χ1v) is 12.8. The number of ether oxygens (including phenoxy) is 1. The molecule has 2 N–H and O–H groups in total. The molecule has 2 aliphatic carbocycles. The first-order valence-electron chi connectivity index (χ1n) is 12.8. The molecule has 1 saturated heterocycles. The lowest BCUT2D eigenvalue weighted by Gasteiger charge is -2.54. The molecule has 32 heavy (non-hydrogen) atoms. The number of esters is 1. The van der Waals surface area contributed by atoms with Crippen LogP contribution in [0.25, 0.3) is 0 Å². The van der Waals surface area contributed by atoms with E-state index in [0.29, 0.717) is 37.1 Å².